The first-order valence-electron chi connectivity index (χ1n) is 7.49. The SMILES string of the molecule is CC(C)NCc1ccc(N2CCCC2C)cc1C(F)(F)F. The molecule has 1 aromatic rings. The monoisotopic (exact) mass is 300 g/mol. The van der Waals surface area contributed by atoms with Gasteiger partial charge in [-0.25, -0.2) is 0 Å². The maximum absolute atomic E-state index is 13.3. The number of hydrogen-bond acceptors (Lipinski definition) is 2. The van der Waals surface area contributed by atoms with Crippen molar-refractivity contribution in [3.8, 4) is 0 Å². The molecule has 1 saturated heterocycles. The Labute approximate surface area is 124 Å². The van der Waals surface area contributed by atoms with Gasteiger partial charge in [0.15, 0.2) is 0 Å². The van der Waals surface area contributed by atoms with E-state index in [1.807, 2.05) is 19.9 Å². The van der Waals surface area contributed by atoms with Crippen LogP contribution in [0.1, 0.15) is 44.7 Å². The molecule has 2 nitrogen and oxygen atoms in total. The summed E-state index contributed by atoms with van der Waals surface area (Å²) < 4.78 is 39.9. The van der Waals surface area contributed by atoms with Gasteiger partial charge >= 0.3 is 6.18 Å². The Kier molecular flexibility index (Phi) is 4.81. The van der Waals surface area contributed by atoms with Gasteiger partial charge in [0.1, 0.15) is 0 Å². The molecule has 5 heteroatoms. The van der Waals surface area contributed by atoms with Gasteiger partial charge in [0.05, 0.1) is 5.56 Å². The van der Waals surface area contributed by atoms with E-state index in [1.165, 1.54) is 6.07 Å². The summed E-state index contributed by atoms with van der Waals surface area (Å²) in [5.41, 5.74) is 0.472. The number of halogens is 3. The van der Waals surface area contributed by atoms with Crippen LogP contribution < -0.4 is 10.2 Å². The zero-order chi connectivity index (χ0) is 15.6. The normalized spacial score (nSPS) is 19.6. The van der Waals surface area contributed by atoms with Crippen molar-refractivity contribution >= 4 is 5.69 Å². The van der Waals surface area contributed by atoms with Crippen LogP contribution in [0.25, 0.3) is 0 Å². The van der Waals surface area contributed by atoms with E-state index in [4.69, 9.17) is 0 Å². The van der Waals surface area contributed by atoms with E-state index in [2.05, 4.69) is 17.1 Å². The van der Waals surface area contributed by atoms with Crippen molar-refractivity contribution in [2.24, 2.45) is 0 Å². The van der Waals surface area contributed by atoms with Crippen LogP contribution >= 0.6 is 0 Å². The van der Waals surface area contributed by atoms with Gasteiger partial charge in [0.2, 0.25) is 0 Å². The average Bonchev–Trinajstić information content (AvgIpc) is 2.81. The zero-order valence-electron chi connectivity index (χ0n) is 12.8. The molecule has 0 aliphatic carbocycles. The highest BCUT2D eigenvalue weighted by Gasteiger charge is 2.34. The topological polar surface area (TPSA) is 15.3 Å². The van der Waals surface area contributed by atoms with Gasteiger partial charge < -0.3 is 10.2 Å². The number of nitrogens with zero attached hydrogens (tertiary/aromatic N) is 1. The highest BCUT2D eigenvalue weighted by Crippen LogP contribution is 2.36. The molecule has 0 bridgehead atoms. The van der Waals surface area contributed by atoms with E-state index in [9.17, 15) is 13.2 Å². The van der Waals surface area contributed by atoms with Crippen LogP contribution in [0.15, 0.2) is 18.2 Å². The molecule has 118 valence electrons. The molecule has 0 radical (unpaired) electrons. The summed E-state index contributed by atoms with van der Waals surface area (Å²) >= 11 is 0. The third kappa shape index (κ3) is 3.90. The first-order chi connectivity index (χ1) is 9.79. The molecule has 0 saturated carbocycles. The molecule has 1 heterocycles. The van der Waals surface area contributed by atoms with Crippen molar-refractivity contribution < 1.29 is 13.2 Å². The molecular formula is C16H23F3N2. The first-order valence-corrected chi connectivity index (χ1v) is 7.49. The Hall–Kier alpha value is -1.23. The first kappa shape index (κ1) is 16.1. The van der Waals surface area contributed by atoms with Crippen molar-refractivity contribution in [3.63, 3.8) is 0 Å². The molecule has 0 aromatic heterocycles. The van der Waals surface area contributed by atoms with E-state index in [0.29, 0.717) is 17.3 Å². The Balaban J connectivity index is 2.31. The summed E-state index contributed by atoms with van der Waals surface area (Å²) in [6.45, 7) is 6.99. The molecule has 0 spiro atoms. The number of hydrogen-bond donors (Lipinski definition) is 1. The van der Waals surface area contributed by atoms with Crippen LogP contribution in [0.5, 0.6) is 0 Å². The Morgan fingerprint density at radius 3 is 2.57 bits per heavy atom. The van der Waals surface area contributed by atoms with Crippen molar-refractivity contribution in [1.82, 2.24) is 5.32 Å². The minimum absolute atomic E-state index is 0.157. The molecule has 0 amide bonds. The summed E-state index contributed by atoms with van der Waals surface area (Å²) in [4.78, 5) is 2.06. The largest absolute Gasteiger partial charge is 0.416 e. The molecule has 1 unspecified atom stereocenters. The fourth-order valence-electron chi connectivity index (χ4n) is 2.79. The van der Waals surface area contributed by atoms with Crippen LogP contribution in [-0.2, 0) is 12.7 Å². The predicted molar refractivity (Wildman–Crippen MR) is 79.5 cm³/mol. The smallest absolute Gasteiger partial charge is 0.369 e. The van der Waals surface area contributed by atoms with Crippen molar-refractivity contribution in [2.45, 2.75) is 58.4 Å². The van der Waals surface area contributed by atoms with Gasteiger partial charge in [-0.3, -0.25) is 0 Å². The molecule has 1 fully saturated rings. The fraction of sp³-hybridized carbons (Fsp3) is 0.625. The number of anilines is 1. The van der Waals surface area contributed by atoms with Crippen molar-refractivity contribution in [1.29, 1.82) is 0 Å². The third-order valence-corrected chi connectivity index (χ3v) is 3.98. The van der Waals surface area contributed by atoms with Gasteiger partial charge in [-0.05, 0) is 37.5 Å². The van der Waals surface area contributed by atoms with Gasteiger partial charge in [0.25, 0.3) is 0 Å². The zero-order valence-corrected chi connectivity index (χ0v) is 12.8. The van der Waals surface area contributed by atoms with E-state index in [1.54, 1.807) is 6.07 Å². The standard InChI is InChI=1S/C16H23F3N2/c1-11(2)20-10-13-6-7-14(9-15(13)16(17,18)19)21-8-4-5-12(21)3/h6-7,9,11-12,20H,4-5,8,10H2,1-3H3. The summed E-state index contributed by atoms with van der Waals surface area (Å²) in [5.74, 6) is 0. The van der Waals surface area contributed by atoms with Crippen LogP contribution in [0, 0.1) is 0 Å². The molecule has 1 aliphatic heterocycles. The number of rotatable bonds is 4. The summed E-state index contributed by atoms with van der Waals surface area (Å²) in [7, 11) is 0. The Morgan fingerprint density at radius 2 is 2.05 bits per heavy atom. The molecule has 1 aliphatic rings. The molecule has 1 N–H and O–H groups in total. The van der Waals surface area contributed by atoms with Crippen LogP contribution in [0.3, 0.4) is 0 Å². The van der Waals surface area contributed by atoms with Gasteiger partial charge in [0, 0.05) is 30.9 Å². The minimum atomic E-state index is -4.31. The number of nitrogens with one attached hydrogen (secondary N) is 1. The van der Waals surface area contributed by atoms with Crippen LogP contribution in [0.2, 0.25) is 0 Å². The van der Waals surface area contributed by atoms with E-state index in [-0.39, 0.29) is 12.6 Å². The maximum Gasteiger partial charge on any atom is 0.416 e. The Morgan fingerprint density at radius 1 is 1.33 bits per heavy atom. The second-order valence-electron chi connectivity index (χ2n) is 6.06. The van der Waals surface area contributed by atoms with Gasteiger partial charge in [-0.15, -0.1) is 0 Å². The third-order valence-electron chi connectivity index (χ3n) is 3.98. The lowest BCUT2D eigenvalue weighted by molar-refractivity contribution is -0.138. The van der Waals surface area contributed by atoms with Crippen LogP contribution in [0.4, 0.5) is 18.9 Å². The number of benzene rings is 1. The lowest BCUT2D eigenvalue weighted by Gasteiger charge is -2.26. The molecular weight excluding hydrogens is 277 g/mol. The van der Waals surface area contributed by atoms with E-state index < -0.39 is 11.7 Å². The highest BCUT2D eigenvalue weighted by molar-refractivity contribution is 5.53. The van der Waals surface area contributed by atoms with Gasteiger partial charge in [-0.2, -0.15) is 13.2 Å². The predicted octanol–water partition coefficient (Wildman–Crippen LogP) is 4.19. The second-order valence-corrected chi connectivity index (χ2v) is 6.06. The lowest BCUT2D eigenvalue weighted by Crippen LogP contribution is -2.27. The second kappa shape index (κ2) is 6.26. The number of alkyl halides is 3. The van der Waals surface area contributed by atoms with E-state index >= 15 is 0 Å². The summed E-state index contributed by atoms with van der Waals surface area (Å²) in [6, 6.07) is 5.20. The average molecular weight is 300 g/mol. The summed E-state index contributed by atoms with van der Waals surface area (Å²) in [5, 5.41) is 3.06. The molecule has 21 heavy (non-hydrogen) atoms. The van der Waals surface area contributed by atoms with Gasteiger partial charge in [-0.1, -0.05) is 19.9 Å². The van der Waals surface area contributed by atoms with Crippen molar-refractivity contribution in [2.75, 3.05) is 11.4 Å². The fourth-order valence-corrected chi connectivity index (χ4v) is 2.79. The molecule has 1 aromatic carbocycles. The Bertz CT molecular complexity index is 483. The van der Waals surface area contributed by atoms with E-state index in [0.717, 1.165) is 19.4 Å². The quantitative estimate of drug-likeness (QED) is 0.897. The van der Waals surface area contributed by atoms with Crippen LogP contribution in [-0.4, -0.2) is 18.6 Å². The highest BCUT2D eigenvalue weighted by atomic mass is 19.4. The molecule has 2 rings (SSSR count). The summed E-state index contributed by atoms with van der Waals surface area (Å²) in [6.07, 6.45) is -2.23. The maximum atomic E-state index is 13.3. The molecule has 1 atom stereocenters. The lowest BCUT2D eigenvalue weighted by atomic mass is 10.0. The van der Waals surface area contributed by atoms with Crippen molar-refractivity contribution in [3.05, 3.63) is 29.3 Å². The minimum Gasteiger partial charge on any atom is -0.369 e.